The van der Waals surface area contributed by atoms with Crippen LogP contribution in [0.15, 0.2) is 16.4 Å². The van der Waals surface area contributed by atoms with Crippen molar-refractivity contribution in [1.82, 2.24) is 0 Å². The van der Waals surface area contributed by atoms with Crippen LogP contribution in [0.1, 0.15) is 0 Å². The molecule has 0 aromatic heterocycles. The second-order valence-electron chi connectivity index (χ2n) is 0.322. The molecule has 0 rings (SSSR count). The van der Waals surface area contributed by atoms with Crippen LogP contribution in [0.5, 0.6) is 0 Å². The first kappa shape index (κ1) is 4.31. The summed E-state index contributed by atoms with van der Waals surface area (Å²) in [4.78, 5) is 0. The number of hydrogen-bond donors (Lipinski definition) is 0. The van der Waals surface area contributed by atoms with Gasteiger partial charge in [0, 0.05) is 0 Å². The predicted octanol–water partition coefficient (Wildman–Crippen LogP) is 0.453. The van der Waals surface area contributed by atoms with Gasteiger partial charge in [0.15, 0.2) is 0 Å². The van der Waals surface area contributed by atoms with Gasteiger partial charge in [-0.3, -0.25) is 0 Å². The van der Waals surface area contributed by atoms with Gasteiger partial charge >= 0.3 is 38.7 Å². The van der Waals surface area contributed by atoms with Crippen molar-refractivity contribution >= 4 is 22.3 Å². The van der Waals surface area contributed by atoms with E-state index in [1.54, 1.807) is 4.12 Å². The van der Waals surface area contributed by atoms with Crippen LogP contribution in [-0.2, 0) is 0 Å². The van der Waals surface area contributed by atoms with Crippen molar-refractivity contribution in [3.63, 3.8) is 0 Å². The quantitative estimate of drug-likeness (QED) is 0.362. The van der Waals surface area contributed by atoms with E-state index in [1.165, 1.54) is 0 Å². The summed E-state index contributed by atoms with van der Waals surface area (Å²) in [7, 11) is 0. The van der Waals surface area contributed by atoms with Crippen molar-refractivity contribution in [3.05, 3.63) is 16.4 Å². The van der Waals surface area contributed by atoms with Crippen LogP contribution < -0.4 is 0 Å². The van der Waals surface area contributed by atoms with E-state index >= 15 is 0 Å². The summed E-state index contributed by atoms with van der Waals surface area (Å²) in [5.74, 6) is 0. The third-order valence-electron chi connectivity index (χ3n) is 0.0833. The van der Waals surface area contributed by atoms with Crippen LogP contribution in [0.4, 0.5) is 0 Å². The third kappa shape index (κ3) is 2.31. The Morgan fingerprint density at radius 2 is 2.25 bits per heavy atom. The molecular formula is C3H3Te. The van der Waals surface area contributed by atoms with Gasteiger partial charge in [0.1, 0.15) is 0 Å². The van der Waals surface area contributed by atoms with Gasteiger partial charge < -0.3 is 0 Å². The average Bonchev–Trinajstić information content (AvgIpc) is 1.37. The van der Waals surface area contributed by atoms with E-state index in [0.29, 0.717) is 0 Å². The van der Waals surface area contributed by atoms with Crippen molar-refractivity contribution in [2.24, 2.45) is 0 Å². The van der Waals surface area contributed by atoms with Gasteiger partial charge in [0.25, 0.3) is 0 Å². The summed E-state index contributed by atoms with van der Waals surface area (Å²) in [6.07, 6.45) is 0. The maximum atomic E-state index is 3.30. The fourth-order valence-corrected chi connectivity index (χ4v) is 0. The van der Waals surface area contributed by atoms with E-state index < -0.39 is 0 Å². The van der Waals surface area contributed by atoms with Gasteiger partial charge in [-0.2, -0.15) is 0 Å². The zero-order valence-corrected chi connectivity index (χ0v) is 4.52. The minimum absolute atomic E-state index is 1.77. The molecule has 0 aliphatic rings. The molecule has 0 bridgehead atoms. The first-order chi connectivity index (χ1) is 1.91. The van der Waals surface area contributed by atoms with Crippen LogP contribution in [0.3, 0.4) is 0 Å². The third-order valence-corrected chi connectivity index (χ3v) is 0.559. The van der Waals surface area contributed by atoms with Crippen molar-refractivity contribution in [2.45, 2.75) is 0 Å². The molecule has 0 saturated heterocycles. The van der Waals surface area contributed by atoms with Gasteiger partial charge in [-0.25, -0.2) is 0 Å². The van der Waals surface area contributed by atoms with Crippen LogP contribution >= 0.6 is 0 Å². The molecule has 1 radical (unpaired) electrons. The summed E-state index contributed by atoms with van der Waals surface area (Å²) < 4.78 is 1.77. The second kappa shape index (κ2) is 3.31. The van der Waals surface area contributed by atoms with Gasteiger partial charge in [-0.05, 0) is 0 Å². The molecule has 1 heteroatoms. The second-order valence-corrected chi connectivity index (χ2v) is 0.995. The molecule has 0 heterocycles. The Balaban J connectivity index is 3.11. The fraction of sp³-hybridized carbons (Fsp3) is 0. The van der Waals surface area contributed by atoms with E-state index in [-0.39, 0.29) is 0 Å². The summed E-state index contributed by atoms with van der Waals surface area (Å²) in [6.45, 7) is 3.30. The zero-order valence-electron chi connectivity index (χ0n) is 2.19. The Bertz CT molecular complexity index is 41.2. The fourth-order valence-electron chi connectivity index (χ4n) is 0. The van der Waals surface area contributed by atoms with Gasteiger partial charge in [0.2, 0.25) is 0 Å². The molecule has 0 saturated carbocycles. The molecule has 4 heavy (non-hydrogen) atoms. The topological polar surface area (TPSA) is 0 Å². The van der Waals surface area contributed by atoms with Crippen LogP contribution in [0.2, 0.25) is 0 Å². The molecule has 0 aromatic rings. The molecule has 21 valence electrons. The summed E-state index contributed by atoms with van der Waals surface area (Å²) in [6, 6.07) is 0. The monoisotopic (exact) mass is 169 g/mol. The van der Waals surface area contributed by atoms with E-state index in [4.69, 9.17) is 0 Å². The molecular weight excluding hydrogens is 164 g/mol. The Kier molecular flexibility index (Phi) is 3.57. The average molecular weight is 167 g/mol. The molecule has 0 aromatic carbocycles. The molecule has 0 nitrogen and oxygen atoms in total. The van der Waals surface area contributed by atoms with Crippen molar-refractivity contribution in [2.75, 3.05) is 0 Å². The summed E-state index contributed by atoms with van der Waals surface area (Å²) in [5, 5.41) is 0. The van der Waals surface area contributed by atoms with Gasteiger partial charge in [-0.15, -0.1) is 0 Å². The van der Waals surface area contributed by atoms with E-state index in [0.717, 1.165) is 0 Å². The van der Waals surface area contributed by atoms with Crippen LogP contribution in [0, 0.1) is 0 Å². The molecule has 0 amide bonds. The van der Waals surface area contributed by atoms with Crippen LogP contribution in [0.25, 0.3) is 0 Å². The van der Waals surface area contributed by atoms with Crippen molar-refractivity contribution in [3.8, 4) is 0 Å². The number of rotatable bonds is 0. The number of hydrogen-bond acceptors (Lipinski definition) is 0. The Morgan fingerprint density at radius 3 is 2.25 bits per heavy atom. The standard InChI is InChI=1S/C3H3Te/c1-2-3-4/h3H,1H2. The molecule has 0 spiro atoms. The Labute approximate surface area is 39.1 Å². The zero-order chi connectivity index (χ0) is 3.41. The van der Waals surface area contributed by atoms with E-state index in [1.807, 2.05) is 22.3 Å². The van der Waals surface area contributed by atoms with Gasteiger partial charge in [0.05, 0.1) is 0 Å². The maximum absolute atomic E-state index is 3.30. The molecule has 0 unspecified atom stereocenters. The molecule has 0 aliphatic heterocycles. The first-order valence-corrected chi connectivity index (χ1v) is 2.22. The van der Waals surface area contributed by atoms with Crippen molar-refractivity contribution in [1.29, 1.82) is 0 Å². The van der Waals surface area contributed by atoms with Gasteiger partial charge in [-0.1, -0.05) is 0 Å². The summed E-state index contributed by atoms with van der Waals surface area (Å²) in [5.41, 5.74) is 2.56. The molecule has 0 aliphatic carbocycles. The molecule has 0 atom stereocenters. The van der Waals surface area contributed by atoms with E-state index in [9.17, 15) is 0 Å². The SMILES string of the molecule is C=C=C[Te]. The normalized spacial score (nSPS) is 4.00. The molecule has 0 N–H and O–H groups in total. The minimum atomic E-state index is 1.77. The first-order valence-electron chi connectivity index (χ1n) is 0.878. The summed E-state index contributed by atoms with van der Waals surface area (Å²) >= 11 is 1.82. The molecule has 0 fully saturated rings. The van der Waals surface area contributed by atoms with E-state index in [2.05, 4.69) is 12.3 Å². The van der Waals surface area contributed by atoms with Crippen molar-refractivity contribution < 1.29 is 0 Å². The Morgan fingerprint density at radius 1 is 2.00 bits per heavy atom. The predicted molar refractivity (Wildman–Crippen MR) is 19.5 cm³/mol. The Hall–Kier alpha value is 0.310. The van der Waals surface area contributed by atoms with Crippen LogP contribution in [-0.4, -0.2) is 22.3 Å².